The van der Waals surface area contributed by atoms with Crippen molar-refractivity contribution >= 4 is 15.9 Å². The highest BCUT2D eigenvalue weighted by Gasteiger charge is 1.94. The zero-order valence-electron chi connectivity index (χ0n) is 17.0. The highest BCUT2D eigenvalue weighted by molar-refractivity contribution is 9.09. The molecule has 0 saturated heterocycles. The van der Waals surface area contributed by atoms with Crippen LogP contribution in [0.25, 0.3) is 0 Å². The van der Waals surface area contributed by atoms with E-state index >= 15 is 0 Å². The first kappa shape index (κ1) is 27.2. The molecule has 0 aliphatic carbocycles. The summed E-state index contributed by atoms with van der Waals surface area (Å²) in [6.45, 7) is 10.8. The van der Waals surface area contributed by atoms with Crippen molar-refractivity contribution in [2.45, 2.75) is 26.2 Å². The number of alkyl halides is 1. The summed E-state index contributed by atoms with van der Waals surface area (Å²) < 4.78 is 37.8. The van der Waals surface area contributed by atoms with Crippen LogP contribution in [-0.2, 0) is 33.2 Å². The van der Waals surface area contributed by atoms with Crippen LogP contribution >= 0.6 is 15.9 Å². The number of rotatable bonds is 24. The molecule has 0 rings (SSSR count). The third kappa shape index (κ3) is 26.2. The van der Waals surface area contributed by atoms with E-state index in [9.17, 15) is 0 Å². The molecule has 0 aromatic rings. The third-order valence-electron chi connectivity index (χ3n) is 3.35. The van der Waals surface area contributed by atoms with Crippen molar-refractivity contribution in [3.05, 3.63) is 0 Å². The monoisotopic (exact) mass is 458 g/mol. The van der Waals surface area contributed by atoms with Gasteiger partial charge < -0.3 is 33.2 Å². The average Bonchev–Trinajstić information content (AvgIpc) is 2.68. The van der Waals surface area contributed by atoms with Crippen LogP contribution in [0, 0.1) is 0 Å². The van der Waals surface area contributed by atoms with Crippen molar-refractivity contribution < 1.29 is 33.2 Å². The molecule has 0 aromatic carbocycles. The fourth-order valence-corrected chi connectivity index (χ4v) is 2.16. The minimum Gasteiger partial charge on any atom is -0.379 e. The van der Waals surface area contributed by atoms with Crippen molar-refractivity contribution in [2.75, 3.05) is 97.8 Å². The van der Waals surface area contributed by atoms with Crippen LogP contribution in [0.3, 0.4) is 0 Å². The van der Waals surface area contributed by atoms with Crippen LogP contribution in [0.1, 0.15) is 26.2 Å². The van der Waals surface area contributed by atoms with Crippen LogP contribution in [0.2, 0.25) is 0 Å². The molecule has 0 aliphatic heterocycles. The van der Waals surface area contributed by atoms with Gasteiger partial charge in [-0.25, -0.2) is 0 Å². The molecule has 0 aliphatic rings. The van der Waals surface area contributed by atoms with Gasteiger partial charge in [-0.05, 0) is 6.42 Å². The molecule has 0 spiro atoms. The molecule has 164 valence electrons. The Morgan fingerprint density at radius 1 is 0.407 bits per heavy atom. The van der Waals surface area contributed by atoms with Crippen LogP contribution in [0.15, 0.2) is 0 Å². The molecular weight excluding hydrogens is 420 g/mol. The van der Waals surface area contributed by atoms with E-state index in [-0.39, 0.29) is 0 Å². The van der Waals surface area contributed by atoms with Gasteiger partial charge in [-0.2, -0.15) is 0 Å². The predicted octanol–water partition coefficient (Wildman–Crippen LogP) is 2.69. The summed E-state index contributed by atoms with van der Waals surface area (Å²) in [5.41, 5.74) is 0. The molecule has 0 fully saturated rings. The summed E-state index contributed by atoms with van der Waals surface area (Å²) in [6.07, 6.45) is 3.58. The number of ether oxygens (including phenoxy) is 7. The summed E-state index contributed by atoms with van der Waals surface area (Å²) in [5, 5.41) is 0.851. The van der Waals surface area contributed by atoms with Crippen LogP contribution in [0.5, 0.6) is 0 Å². The zero-order valence-corrected chi connectivity index (χ0v) is 18.5. The first-order valence-electron chi connectivity index (χ1n) is 10.0. The molecule has 8 heteroatoms. The summed E-state index contributed by atoms with van der Waals surface area (Å²) >= 11 is 3.29. The van der Waals surface area contributed by atoms with E-state index in [2.05, 4.69) is 22.9 Å². The minimum absolute atomic E-state index is 0.559. The molecule has 0 bridgehead atoms. The molecule has 7 nitrogen and oxygen atoms in total. The lowest BCUT2D eigenvalue weighted by molar-refractivity contribution is -0.0201. The Morgan fingerprint density at radius 2 is 0.704 bits per heavy atom. The van der Waals surface area contributed by atoms with E-state index in [1.54, 1.807) is 0 Å². The Kier molecular flexibility index (Phi) is 26.4. The third-order valence-corrected chi connectivity index (χ3v) is 3.67. The molecule has 0 atom stereocenters. The Bertz CT molecular complexity index is 236. The van der Waals surface area contributed by atoms with Gasteiger partial charge in [0.1, 0.15) is 0 Å². The summed E-state index contributed by atoms with van der Waals surface area (Å²) in [5.74, 6) is 0. The van der Waals surface area contributed by atoms with E-state index in [4.69, 9.17) is 33.2 Å². The normalized spacial score (nSPS) is 11.3. The highest BCUT2D eigenvalue weighted by Crippen LogP contribution is 1.93. The SMILES string of the molecule is CCCCCOCCOCCOCCOCCOCCOCCOCCBr. The van der Waals surface area contributed by atoms with Crippen molar-refractivity contribution in [3.63, 3.8) is 0 Å². The number of unbranched alkanes of at least 4 members (excludes halogenated alkanes) is 2. The highest BCUT2D eigenvalue weighted by atomic mass is 79.9. The van der Waals surface area contributed by atoms with E-state index in [1.807, 2.05) is 0 Å². The van der Waals surface area contributed by atoms with Gasteiger partial charge in [0, 0.05) is 11.9 Å². The quantitative estimate of drug-likeness (QED) is 0.162. The molecule has 0 amide bonds. The van der Waals surface area contributed by atoms with Gasteiger partial charge in [-0.1, -0.05) is 35.7 Å². The molecule has 27 heavy (non-hydrogen) atoms. The molecule has 0 N–H and O–H groups in total. The topological polar surface area (TPSA) is 64.6 Å². The molecule has 0 heterocycles. The lowest BCUT2D eigenvalue weighted by atomic mass is 10.3. The van der Waals surface area contributed by atoms with Gasteiger partial charge in [0.15, 0.2) is 0 Å². The van der Waals surface area contributed by atoms with Gasteiger partial charge in [-0.15, -0.1) is 0 Å². The molecule has 0 saturated carbocycles. The fraction of sp³-hybridized carbons (Fsp3) is 1.00. The maximum absolute atomic E-state index is 5.46. The van der Waals surface area contributed by atoms with Crippen LogP contribution in [-0.4, -0.2) is 97.8 Å². The van der Waals surface area contributed by atoms with E-state index in [0.29, 0.717) is 85.9 Å². The largest absolute Gasteiger partial charge is 0.379 e. The van der Waals surface area contributed by atoms with Gasteiger partial charge >= 0.3 is 0 Å². The summed E-state index contributed by atoms with van der Waals surface area (Å²) in [6, 6.07) is 0. The van der Waals surface area contributed by atoms with E-state index in [0.717, 1.165) is 18.4 Å². The Labute approximate surface area is 173 Å². The number of hydrogen-bond donors (Lipinski definition) is 0. The van der Waals surface area contributed by atoms with Gasteiger partial charge in [-0.3, -0.25) is 0 Å². The maximum atomic E-state index is 5.46. The Hall–Kier alpha value is 0.200. The Balaban J connectivity index is 2.95. The molecule has 0 radical (unpaired) electrons. The lowest BCUT2D eigenvalue weighted by Gasteiger charge is -2.08. The predicted molar refractivity (Wildman–Crippen MR) is 109 cm³/mol. The molecule has 0 aromatic heterocycles. The van der Waals surface area contributed by atoms with Crippen LogP contribution < -0.4 is 0 Å². The molecular formula is C19H39BrO7. The lowest BCUT2D eigenvalue weighted by Crippen LogP contribution is -2.14. The van der Waals surface area contributed by atoms with Crippen molar-refractivity contribution in [3.8, 4) is 0 Å². The van der Waals surface area contributed by atoms with Gasteiger partial charge in [0.25, 0.3) is 0 Å². The number of halogens is 1. The van der Waals surface area contributed by atoms with Gasteiger partial charge in [0.05, 0.1) is 85.9 Å². The zero-order chi connectivity index (χ0) is 19.7. The maximum Gasteiger partial charge on any atom is 0.0701 e. The minimum atomic E-state index is 0.559. The van der Waals surface area contributed by atoms with Crippen molar-refractivity contribution in [2.24, 2.45) is 0 Å². The second-order valence-electron chi connectivity index (χ2n) is 5.68. The van der Waals surface area contributed by atoms with Crippen molar-refractivity contribution in [1.29, 1.82) is 0 Å². The average molecular weight is 459 g/mol. The van der Waals surface area contributed by atoms with Crippen LogP contribution in [0.4, 0.5) is 0 Å². The first-order chi connectivity index (χ1) is 13.4. The smallest absolute Gasteiger partial charge is 0.0701 e. The summed E-state index contributed by atoms with van der Waals surface area (Å²) in [4.78, 5) is 0. The van der Waals surface area contributed by atoms with Crippen molar-refractivity contribution in [1.82, 2.24) is 0 Å². The van der Waals surface area contributed by atoms with E-state index < -0.39 is 0 Å². The van der Waals surface area contributed by atoms with E-state index in [1.165, 1.54) is 12.8 Å². The summed E-state index contributed by atoms with van der Waals surface area (Å²) in [7, 11) is 0. The fourth-order valence-electron chi connectivity index (χ4n) is 1.93. The first-order valence-corrected chi connectivity index (χ1v) is 11.1. The second-order valence-corrected chi connectivity index (χ2v) is 6.48. The number of hydrogen-bond acceptors (Lipinski definition) is 7. The standard InChI is InChI=1S/C19H39BrO7/c1-2-3-4-6-21-8-10-23-12-14-25-16-18-27-19-17-26-15-13-24-11-9-22-7-5-20/h2-19H2,1H3. The Morgan fingerprint density at radius 3 is 1.00 bits per heavy atom. The molecule has 0 unspecified atom stereocenters. The van der Waals surface area contributed by atoms with Gasteiger partial charge in [0.2, 0.25) is 0 Å². The second kappa shape index (κ2) is 26.2.